The molecule has 0 aromatic carbocycles. The van der Waals surface area contributed by atoms with Gasteiger partial charge < -0.3 is 14.5 Å². The van der Waals surface area contributed by atoms with E-state index in [4.69, 9.17) is 4.74 Å². The summed E-state index contributed by atoms with van der Waals surface area (Å²) in [7, 11) is -4.52. The van der Waals surface area contributed by atoms with Crippen molar-refractivity contribution in [2.24, 2.45) is 5.92 Å². The van der Waals surface area contributed by atoms with E-state index in [-0.39, 0.29) is 13.0 Å². The molecule has 0 amide bonds. The highest BCUT2D eigenvalue weighted by atomic mass is 31.2. The first-order valence-electron chi connectivity index (χ1n) is 4.96. The quantitative estimate of drug-likeness (QED) is 0.560. The van der Waals surface area contributed by atoms with Crippen molar-refractivity contribution in [3.8, 4) is 0 Å². The summed E-state index contributed by atoms with van der Waals surface area (Å²) < 4.78 is 16.2. The number of rotatable bonds is 5. The third-order valence-electron chi connectivity index (χ3n) is 2.64. The summed E-state index contributed by atoms with van der Waals surface area (Å²) in [5, 5.41) is -1.71. The van der Waals surface area contributed by atoms with E-state index in [9.17, 15) is 19.1 Å². The summed E-state index contributed by atoms with van der Waals surface area (Å²) in [4.78, 5) is 30.3. The molecule has 0 fully saturated rings. The molecule has 1 atom stereocenters. The van der Waals surface area contributed by atoms with E-state index in [0.29, 0.717) is 0 Å². The van der Waals surface area contributed by atoms with Crippen molar-refractivity contribution in [3.63, 3.8) is 0 Å². The van der Waals surface area contributed by atoms with E-state index < -0.39 is 24.6 Å². The van der Waals surface area contributed by atoms with Crippen LogP contribution >= 0.6 is 7.60 Å². The molecule has 0 saturated heterocycles. The maximum atomic E-state index is 11.7. The molecule has 0 aliphatic rings. The highest BCUT2D eigenvalue weighted by Crippen LogP contribution is 2.57. The highest BCUT2D eigenvalue weighted by Gasteiger charge is 2.55. The molecule has 0 heterocycles. The lowest BCUT2D eigenvalue weighted by Gasteiger charge is -2.34. The Kier molecular flexibility index (Phi) is 4.97. The average Bonchev–Trinajstić information content (AvgIpc) is 2.02. The SMILES string of the molecule is CCOC(=O)C(CC)(C(C)C)P(=O)(O)O. The van der Waals surface area contributed by atoms with Gasteiger partial charge in [0, 0.05) is 0 Å². The normalized spacial score (nSPS) is 16.2. The first kappa shape index (κ1) is 14.6. The molecule has 0 spiro atoms. The lowest BCUT2D eigenvalue weighted by molar-refractivity contribution is -0.148. The van der Waals surface area contributed by atoms with Crippen LogP contribution in [0.2, 0.25) is 0 Å². The molecule has 5 nitrogen and oxygen atoms in total. The van der Waals surface area contributed by atoms with Gasteiger partial charge in [-0.05, 0) is 19.3 Å². The van der Waals surface area contributed by atoms with E-state index >= 15 is 0 Å². The second-order valence-corrected chi connectivity index (χ2v) is 5.58. The topological polar surface area (TPSA) is 83.8 Å². The van der Waals surface area contributed by atoms with Gasteiger partial charge in [0.1, 0.15) is 0 Å². The molecule has 90 valence electrons. The van der Waals surface area contributed by atoms with Crippen LogP contribution in [0.25, 0.3) is 0 Å². The van der Waals surface area contributed by atoms with Crippen LogP contribution < -0.4 is 0 Å². The Balaban J connectivity index is 5.36. The number of hydrogen-bond donors (Lipinski definition) is 2. The zero-order valence-corrected chi connectivity index (χ0v) is 10.5. The Morgan fingerprint density at radius 2 is 1.87 bits per heavy atom. The summed E-state index contributed by atoms with van der Waals surface area (Å²) in [5.74, 6) is -1.28. The van der Waals surface area contributed by atoms with Crippen LogP contribution in [0.5, 0.6) is 0 Å². The largest absolute Gasteiger partial charge is 0.465 e. The Labute approximate surface area is 90.0 Å². The molecular weight excluding hydrogens is 219 g/mol. The average molecular weight is 238 g/mol. The van der Waals surface area contributed by atoms with Crippen molar-refractivity contribution in [2.75, 3.05) is 6.61 Å². The van der Waals surface area contributed by atoms with Crippen LogP contribution in [0.4, 0.5) is 0 Å². The van der Waals surface area contributed by atoms with Gasteiger partial charge in [-0.15, -0.1) is 0 Å². The van der Waals surface area contributed by atoms with Gasteiger partial charge in [0.05, 0.1) is 6.61 Å². The minimum absolute atomic E-state index is 0.0633. The molecule has 0 aromatic rings. The van der Waals surface area contributed by atoms with Crippen molar-refractivity contribution in [1.82, 2.24) is 0 Å². The molecule has 0 aliphatic carbocycles. The first-order chi connectivity index (χ1) is 6.74. The number of carbonyl (C=O) groups excluding carboxylic acids is 1. The lowest BCUT2D eigenvalue weighted by Crippen LogP contribution is -2.44. The lowest BCUT2D eigenvalue weighted by atomic mass is 9.92. The molecule has 0 aromatic heterocycles. The smallest absolute Gasteiger partial charge is 0.343 e. The number of ether oxygens (including phenoxy) is 1. The highest BCUT2D eigenvalue weighted by molar-refractivity contribution is 7.54. The number of hydrogen-bond acceptors (Lipinski definition) is 3. The Bertz CT molecular complexity index is 270. The molecular formula is C9H19O5P. The van der Waals surface area contributed by atoms with Gasteiger partial charge in [-0.2, -0.15) is 0 Å². The van der Waals surface area contributed by atoms with Gasteiger partial charge in [0.15, 0.2) is 5.16 Å². The number of carbonyl (C=O) groups is 1. The van der Waals surface area contributed by atoms with E-state index in [2.05, 4.69) is 0 Å². The Morgan fingerprint density at radius 3 is 2.07 bits per heavy atom. The zero-order chi connectivity index (χ0) is 12.3. The fourth-order valence-corrected chi connectivity index (χ4v) is 3.09. The van der Waals surface area contributed by atoms with Crippen LogP contribution in [0.15, 0.2) is 0 Å². The zero-order valence-electron chi connectivity index (χ0n) is 9.56. The van der Waals surface area contributed by atoms with Gasteiger partial charge in [0.25, 0.3) is 0 Å². The third-order valence-corrected chi connectivity index (χ3v) is 4.70. The first-order valence-corrected chi connectivity index (χ1v) is 6.58. The van der Waals surface area contributed by atoms with Gasteiger partial charge in [-0.1, -0.05) is 20.8 Å². The standard InChI is InChI=1S/C9H19O5P/c1-5-9(7(3)4,15(11,12)13)8(10)14-6-2/h7H,5-6H2,1-4H3,(H2,11,12,13). The summed E-state index contributed by atoms with van der Waals surface area (Å²) in [6, 6.07) is 0. The second kappa shape index (κ2) is 5.10. The minimum atomic E-state index is -4.52. The van der Waals surface area contributed by atoms with Gasteiger partial charge >= 0.3 is 13.6 Å². The Hall–Kier alpha value is -0.380. The Morgan fingerprint density at radius 1 is 1.40 bits per heavy atom. The van der Waals surface area contributed by atoms with E-state index in [1.54, 1.807) is 27.7 Å². The van der Waals surface area contributed by atoms with Gasteiger partial charge in [-0.25, -0.2) is 0 Å². The minimum Gasteiger partial charge on any atom is -0.465 e. The number of esters is 1. The molecule has 15 heavy (non-hydrogen) atoms. The van der Waals surface area contributed by atoms with Gasteiger partial charge in [-0.3, -0.25) is 9.36 Å². The predicted octanol–water partition coefficient (Wildman–Crippen LogP) is 1.53. The fraction of sp³-hybridized carbons (Fsp3) is 0.889. The predicted molar refractivity (Wildman–Crippen MR) is 56.5 cm³/mol. The molecule has 0 saturated carbocycles. The molecule has 0 rings (SSSR count). The van der Waals surface area contributed by atoms with Gasteiger partial charge in [0.2, 0.25) is 0 Å². The van der Waals surface area contributed by atoms with Crippen molar-refractivity contribution >= 4 is 13.6 Å². The summed E-state index contributed by atoms with van der Waals surface area (Å²) in [5.41, 5.74) is 0. The fourth-order valence-electron chi connectivity index (χ4n) is 1.71. The maximum Gasteiger partial charge on any atom is 0.343 e. The second-order valence-electron chi connectivity index (χ2n) is 3.70. The van der Waals surface area contributed by atoms with Crippen molar-refractivity contribution in [3.05, 3.63) is 0 Å². The van der Waals surface area contributed by atoms with Crippen LogP contribution in [0.3, 0.4) is 0 Å². The summed E-state index contributed by atoms with van der Waals surface area (Å²) in [6.45, 7) is 6.53. The monoisotopic (exact) mass is 238 g/mol. The molecule has 6 heteroatoms. The van der Waals surface area contributed by atoms with Crippen LogP contribution in [0, 0.1) is 5.92 Å². The summed E-state index contributed by atoms with van der Waals surface area (Å²) in [6.07, 6.45) is 0.0633. The van der Waals surface area contributed by atoms with E-state index in [0.717, 1.165) is 0 Å². The third kappa shape index (κ3) is 2.60. The van der Waals surface area contributed by atoms with Crippen LogP contribution in [-0.4, -0.2) is 27.5 Å². The summed E-state index contributed by atoms with van der Waals surface area (Å²) >= 11 is 0. The van der Waals surface area contributed by atoms with Crippen molar-refractivity contribution in [2.45, 2.75) is 39.3 Å². The van der Waals surface area contributed by atoms with Crippen LogP contribution in [0.1, 0.15) is 34.1 Å². The van der Waals surface area contributed by atoms with E-state index in [1.165, 1.54) is 0 Å². The van der Waals surface area contributed by atoms with Crippen LogP contribution in [-0.2, 0) is 14.1 Å². The van der Waals surface area contributed by atoms with Crippen molar-refractivity contribution in [1.29, 1.82) is 0 Å². The maximum absolute atomic E-state index is 11.7. The molecule has 0 aliphatic heterocycles. The molecule has 0 bridgehead atoms. The molecule has 2 N–H and O–H groups in total. The van der Waals surface area contributed by atoms with E-state index in [1.807, 2.05) is 0 Å². The molecule has 1 unspecified atom stereocenters. The van der Waals surface area contributed by atoms with Crippen molar-refractivity contribution < 1.29 is 23.9 Å². The molecule has 0 radical (unpaired) electrons.